The SMILES string of the molecule is C=C(C)CNc1cc(SC)ncn1. The predicted octanol–water partition coefficient (Wildman–Crippen LogP) is 2.19. The lowest BCUT2D eigenvalue weighted by Gasteiger charge is -2.04. The van der Waals surface area contributed by atoms with E-state index in [1.165, 1.54) is 0 Å². The van der Waals surface area contributed by atoms with E-state index in [2.05, 4.69) is 21.9 Å². The summed E-state index contributed by atoms with van der Waals surface area (Å²) in [5.41, 5.74) is 1.09. The minimum atomic E-state index is 0.755. The molecule has 1 N–H and O–H groups in total. The molecule has 70 valence electrons. The van der Waals surface area contributed by atoms with Gasteiger partial charge >= 0.3 is 0 Å². The largest absolute Gasteiger partial charge is 0.366 e. The Balaban J connectivity index is 2.61. The Morgan fingerprint density at radius 2 is 2.38 bits per heavy atom. The van der Waals surface area contributed by atoms with E-state index in [4.69, 9.17) is 0 Å². The molecule has 1 heterocycles. The van der Waals surface area contributed by atoms with Crippen LogP contribution in [0.2, 0.25) is 0 Å². The second-order valence-corrected chi connectivity index (χ2v) is 3.58. The molecular weight excluding hydrogens is 182 g/mol. The third-order valence-electron chi connectivity index (χ3n) is 1.42. The molecule has 3 nitrogen and oxygen atoms in total. The van der Waals surface area contributed by atoms with Crippen molar-refractivity contribution in [3.63, 3.8) is 0 Å². The van der Waals surface area contributed by atoms with E-state index >= 15 is 0 Å². The fraction of sp³-hybridized carbons (Fsp3) is 0.333. The molecule has 0 unspecified atom stereocenters. The van der Waals surface area contributed by atoms with Gasteiger partial charge in [0.1, 0.15) is 17.2 Å². The molecule has 0 aliphatic carbocycles. The van der Waals surface area contributed by atoms with E-state index in [1.807, 2.05) is 19.2 Å². The van der Waals surface area contributed by atoms with Crippen LogP contribution in [0.5, 0.6) is 0 Å². The topological polar surface area (TPSA) is 37.8 Å². The maximum atomic E-state index is 4.08. The van der Waals surface area contributed by atoms with E-state index in [-0.39, 0.29) is 0 Å². The van der Waals surface area contributed by atoms with Crippen LogP contribution in [0.15, 0.2) is 29.6 Å². The highest BCUT2D eigenvalue weighted by Crippen LogP contribution is 2.13. The van der Waals surface area contributed by atoms with Crippen molar-refractivity contribution in [3.05, 3.63) is 24.5 Å². The number of thioether (sulfide) groups is 1. The molecule has 0 saturated carbocycles. The zero-order valence-electron chi connectivity index (χ0n) is 7.87. The van der Waals surface area contributed by atoms with Gasteiger partial charge in [0, 0.05) is 12.6 Å². The maximum Gasteiger partial charge on any atom is 0.130 e. The number of hydrogen-bond acceptors (Lipinski definition) is 4. The quantitative estimate of drug-likeness (QED) is 0.454. The van der Waals surface area contributed by atoms with E-state index in [0.29, 0.717) is 0 Å². The minimum Gasteiger partial charge on any atom is -0.366 e. The zero-order chi connectivity index (χ0) is 9.68. The van der Waals surface area contributed by atoms with Crippen LogP contribution in [-0.4, -0.2) is 22.8 Å². The highest BCUT2D eigenvalue weighted by Gasteiger charge is 1.95. The van der Waals surface area contributed by atoms with Crippen LogP contribution in [0.3, 0.4) is 0 Å². The molecule has 0 spiro atoms. The number of aromatic nitrogens is 2. The second kappa shape index (κ2) is 4.87. The van der Waals surface area contributed by atoms with Crippen LogP contribution in [0.4, 0.5) is 5.82 Å². The monoisotopic (exact) mass is 195 g/mol. The average molecular weight is 195 g/mol. The molecular formula is C9H13N3S. The van der Waals surface area contributed by atoms with E-state index in [9.17, 15) is 0 Å². The van der Waals surface area contributed by atoms with Gasteiger partial charge in [0.25, 0.3) is 0 Å². The van der Waals surface area contributed by atoms with Gasteiger partial charge in [-0.3, -0.25) is 0 Å². The lowest BCUT2D eigenvalue weighted by molar-refractivity contribution is 1.03. The first-order chi connectivity index (χ1) is 6.22. The Kier molecular flexibility index (Phi) is 3.76. The van der Waals surface area contributed by atoms with E-state index in [1.54, 1.807) is 18.1 Å². The Labute approximate surface area is 82.7 Å². The Morgan fingerprint density at radius 3 is 3.00 bits per heavy atom. The van der Waals surface area contributed by atoms with Crippen LogP contribution in [0.25, 0.3) is 0 Å². The molecule has 4 heteroatoms. The molecule has 0 aromatic carbocycles. The first kappa shape index (κ1) is 10.1. The van der Waals surface area contributed by atoms with Crippen LogP contribution >= 0.6 is 11.8 Å². The molecule has 0 aliphatic rings. The van der Waals surface area contributed by atoms with Crippen LogP contribution in [0, 0.1) is 0 Å². The maximum absolute atomic E-state index is 4.08. The van der Waals surface area contributed by atoms with Gasteiger partial charge in [-0.15, -0.1) is 11.8 Å². The molecule has 0 saturated heterocycles. The molecule has 0 fully saturated rings. The average Bonchev–Trinajstić information content (AvgIpc) is 2.15. The summed E-state index contributed by atoms with van der Waals surface area (Å²) < 4.78 is 0. The van der Waals surface area contributed by atoms with Gasteiger partial charge in [0.05, 0.1) is 0 Å². The summed E-state index contributed by atoms with van der Waals surface area (Å²) in [5.74, 6) is 0.849. The molecule has 0 atom stereocenters. The molecule has 0 bridgehead atoms. The summed E-state index contributed by atoms with van der Waals surface area (Å²) in [6, 6.07) is 1.92. The van der Waals surface area contributed by atoms with Crippen LogP contribution < -0.4 is 5.32 Å². The van der Waals surface area contributed by atoms with Crippen molar-refractivity contribution < 1.29 is 0 Å². The molecule has 1 aromatic heterocycles. The smallest absolute Gasteiger partial charge is 0.130 e. The summed E-state index contributed by atoms with van der Waals surface area (Å²) in [5, 5.41) is 4.13. The fourth-order valence-electron chi connectivity index (χ4n) is 0.789. The summed E-state index contributed by atoms with van der Waals surface area (Å²) in [6.45, 7) is 6.53. The second-order valence-electron chi connectivity index (χ2n) is 2.76. The normalized spacial score (nSPS) is 9.69. The van der Waals surface area contributed by atoms with Crippen LogP contribution in [-0.2, 0) is 0 Å². The van der Waals surface area contributed by atoms with Crippen molar-refractivity contribution >= 4 is 17.6 Å². The first-order valence-electron chi connectivity index (χ1n) is 3.96. The van der Waals surface area contributed by atoms with Crippen molar-refractivity contribution in [2.45, 2.75) is 11.9 Å². The standard InChI is InChI=1S/C9H13N3S/c1-7(2)5-10-8-4-9(13-3)12-6-11-8/h4,6H,1,5H2,2-3H3,(H,10,11,12). The number of hydrogen-bond donors (Lipinski definition) is 1. The Morgan fingerprint density at radius 1 is 1.62 bits per heavy atom. The highest BCUT2D eigenvalue weighted by molar-refractivity contribution is 7.98. The summed E-state index contributed by atoms with van der Waals surface area (Å²) in [6.07, 6.45) is 3.55. The van der Waals surface area contributed by atoms with Gasteiger partial charge in [-0.1, -0.05) is 12.2 Å². The lowest BCUT2D eigenvalue weighted by Crippen LogP contribution is -2.03. The van der Waals surface area contributed by atoms with Gasteiger partial charge < -0.3 is 5.32 Å². The lowest BCUT2D eigenvalue weighted by atomic mass is 10.3. The molecule has 0 aliphatic heterocycles. The summed E-state index contributed by atoms with van der Waals surface area (Å²) in [7, 11) is 0. The van der Waals surface area contributed by atoms with Gasteiger partial charge in [-0.25, -0.2) is 9.97 Å². The summed E-state index contributed by atoms with van der Waals surface area (Å²) >= 11 is 1.60. The van der Waals surface area contributed by atoms with Gasteiger partial charge in [0.15, 0.2) is 0 Å². The number of rotatable bonds is 4. The van der Waals surface area contributed by atoms with E-state index in [0.717, 1.165) is 23.0 Å². The minimum absolute atomic E-state index is 0.755. The van der Waals surface area contributed by atoms with Crippen molar-refractivity contribution in [1.29, 1.82) is 0 Å². The van der Waals surface area contributed by atoms with Gasteiger partial charge in [-0.2, -0.15) is 0 Å². The zero-order valence-corrected chi connectivity index (χ0v) is 8.69. The highest BCUT2D eigenvalue weighted by atomic mass is 32.2. The predicted molar refractivity (Wildman–Crippen MR) is 57.1 cm³/mol. The Bertz CT molecular complexity index is 299. The number of nitrogens with zero attached hydrogens (tertiary/aromatic N) is 2. The first-order valence-corrected chi connectivity index (χ1v) is 5.19. The van der Waals surface area contributed by atoms with E-state index < -0.39 is 0 Å². The van der Waals surface area contributed by atoms with Crippen LogP contribution in [0.1, 0.15) is 6.92 Å². The number of anilines is 1. The number of nitrogens with one attached hydrogen (secondary N) is 1. The Hall–Kier alpha value is -1.03. The summed E-state index contributed by atoms with van der Waals surface area (Å²) in [4.78, 5) is 8.16. The van der Waals surface area contributed by atoms with Crippen molar-refractivity contribution in [1.82, 2.24) is 9.97 Å². The van der Waals surface area contributed by atoms with Crippen molar-refractivity contribution in [3.8, 4) is 0 Å². The molecule has 1 rings (SSSR count). The van der Waals surface area contributed by atoms with Crippen molar-refractivity contribution in [2.75, 3.05) is 18.1 Å². The third kappa shape index (κ3) is 3.46. The molecule has 1 aromatic rings. The van der Waals surface area contributed by atoms with Gasteiger partial charge in [-0.05, 0) is 13.2 Å². The third-order valence-corrected chi connectivity index (χ3v) is 2.06. The van der Waals surface area contributed by atoms with Crippen molar-refractivity contribution in [2.24, 2.45) is 0 Å². The molecule has 13 heavy (non-hydrogen) atoms. The fourth-order valence-corrected chi connectivity index (χ4v) is 1.17. The van der Waals surface area contributed by atoms with Gasteiger partial charge in [0.2, 0.25) is 0 Å². The molecule has 0 amide bonds. The molecule has 0 radical (unpaired) electrons.